The highest BCUT2D eigenvalue weighted by Gasteiger charge is 2.22. The van der Waals surface area contributed by atoms with Gasteiger partial charge in [-0.2, -0.15) is 5.10 Å². The van der Waals surface area contributed by atoms with Gasteiger partial charge in [0.1, 0.15) is 0 Å². The summed E-state index contributed by atoms with van der Waals surface area (Å²) in [5.41, 5.74) is 2.39. The minimum Gasteiger partial charge on any atom is -0.451 e. The number of aromatic amines is 1. The largest absolute Gasteiger partial charge is 0.451 e. The normalized spacial score (nSPS) is 14.9. The first-order valence-electron chi connectivity index (χ1n) is 9.41. The average Bonchev–Trinajstić information content (AvgIpc) is 3.16. The number of piperazine rings is 1. The van der Waals surface area contributed by atoms with E-state index in [0.717, 1.165) is 38.2 Å². The van der Waals surface area contributed by atoms with E-state index in [4.69, 9.17) is 4.74 Å². The number of H-pyrrole nitrogens is 1. The van der Waals surface area contributed by atoms with Crippen molar-refractivity contribution in [1.82, 2.24) is 20.0 Å². The number of esters is 1. The highest BCUT2D eigenvalue weighted by Crippen LogP contribution is 2.09. The van der Waals surface area contributed by atoms with Crippen LogP contribution in [0.2, 0.25) is 0 Å². The van der Waals surface area contributed by atoms with Crippen molar-refractivity contribution in [1.29, 1.82) is 0 Å². The Hall–Kier alpha value is -2.67. The lowest BCUT2D eigenvalue weighted by molar-refractivity contribution is -0.136. The van der Waals surface area contributed by atoms with Crippen molar-refractivity contribution in [2.24, 2.45) is 0 Å². The zero-order valence-corrected chi connectivity index (χ0v) is 15.7. The molecule has 1 amide bonds. The first-order chi connectivity index (χ1) is 13.2. The van der Waals surface area contributed by atoms with Crippen LogP contribution < -0.4 is 0 Å². The third kappa shape index (κ3) is 5.40. The molecule has 3 rings (SSSR count). The number of carbonyl (C=O) groups is 2. The summed E-state index contributed by atoms with van der Waals surface area (Å²) >= 11 is 0. The molecule has 1 saturated heterocycles. The lowest BCUT2D eigenvalue weighted by atomic mass is 10.2. The molecule has 7 heteroatoms. The Morgan fingerprint density at radius 1 is 1.15 bits per heavy atom. The molecule has 2 aromatic rings. The van der Waals surface area contributed by atoms with Crippen LogP contribution in [0, 0.1) is 0 Å². The highest BCUT2D eigenvalue weighted by molar-refractivity contribution is 5.89. The summed E-state index contributed by atoms with van der Waals surface area (Å²) in [5.74, 6) is -0.725. The van der Waals surface area contributed by atoms with E-state index in [1.54, 1.807) is 11.0 Å². The molecule has 1 aliphatic rings. The Morgan fingerprint density at radius 2 is 1.89 bits per heavy atom. The second kappa shape index (κ2) is 9.32. The molecular formula is C20H26N4O3. The quantitative estimate of drug-likeness (QED) is 0.753. The number of carbonyl (C=O) groups excluding carboxylic acids is 2. The number of amides is 1. The number of aryl methyl sites for hydroxylation is 1. The van der Waals surface area contributed by atoms with Crippen LogP contribution in [-0.2, 0) is 22.5 Å². The van der Waals surface area contributed by atoms with Crippen LogP contribution in [0.25, 0.3) is 0 Å². The van der Waals surface area contributed by atoms with Crippen molar-refractivity contribution >= 4 is 11.9 Å². The molecule has 0 unspecified atom stereocenters. The second-order valence-electron chi connectivity index (χ2n) is 6.75. The minimum atomic E-state index is -0.565. The van der Waals surface area contributed by atoms with E-state index >= 15 is 0 Å². The van der Waals surface area contributed by atoms with E-state index in [-0.39, 0.29) is 18.2 Å². The summed E-state index contributed by atoms with van der Waals surface area (Å²) in [6.45, 7) is 5.61. The number of rotatable bonds is 7. The molecule has 1 N–H and O–H groups in total. The molecule has 2 heterocycles. The van der Waals surface area contributed by atoms with Gasteiger partial charge in [-0.1, -0.05) is 43.7 Å². The van der Waals surface area contributed by atoms with Crippen LogP contribution in [0.3, 0.4) is 0 Å². The van der Waals surface area contributed by atoms with E-state index in [1.165, 1.54) is 5.56 Å². The third-order valence-corrected chi connectivity index (χ3v) is 4.66. The predicted octanol–water partition coefficient (Wildman–Crippen LogP) is 1.86. The molecule has 0 radical (unpaired) electrons. The Morgan fingerprint density at radius 3 is 2.59 bits per heavy atom. The van der Waals surface area contributed by atoms with Gasteiger partial charge in [-0.05, 0) is 18.1 Å². The average molecular weight is 370 g/mol. The Balaban J connectivity index is 1.40. The zero-order chi connectivity index (χ0) is 19.1. The molecule has 1 aromatic heterocycles. The van der Waals surface area contributed by atoms with Crippen molar-refractivity contribution in [3.63, 3.8) is 0 Å². The number of hydrogen-bond donors (Lipinski definition) is 1. The molecule has 1 aromatic carbocycles. The highest BCUT2D eigenvalue weighted by atomic mass is 16.5. The molecular weight excluding hydrogens is 344 g/mol. The van der Waals surface area contributed by atoms with Crippen LogP contribution in [0.4, 0.5) is 0 Å². The first-order valence-corrected chi connectivity index (χ1v) is 9.41. The first kappa shape index (κ1) is 19.1. The fourth-order valence-corrected chi connectivity index (χ4v) is 3.15. The summed E-state index contributed by atoms with van der Waals surface area (Å²) in [4.78, 5) is 28.4. The van der Waals surface area contributed by atoms with Gasteiger partial charge in [0.25, 0.3) is 5.91 Å². The molecule has 1 aliphatic heterocycles. The maximum absolute atomic E-state index is 12.3. The summed E-state index contributed by atoms with van der Waals surface area (Å²) in [5, 5.41) is 6.76. The van der Waals surface area contributed by atoms with Crippen LogP contribution in [-0.4, -0.2) is 64.7 Å². The molecule has 144 valence electrons. The van der Waals surface area contributed by atoms with Gasteiger partial charge in [0, 0.05) is 38.4 Å². The number of hydrogen-bond acceptors (Lipinski definition) is 5. The van der Waals surface area contributed by atoms with Gasteiger partial charge >= 0.3 is 5.97 Å². The van der Waals surface area contributed by atoms with Crippen molar-refractivity contribution in [2.75, 3.05) is 32.8 Å². The maximum Gasteiger partial charge on any atom is 0.359 e. The Bertz CT molecular complexity index is 752. The topological polar surface area (TPSA) is 78.5 Å². The summed E-state index contributed by atoms with van der Waals surface area (Å²) in [7, 11) is 0. The van der Waals surface area contributed by atoms with Gasteiger partial charge in [0.05, 0.1) is 0 Å². The SMILES string of the molecule is CCCc1cc(C(=O)OCC(=O)N2CCN(Cc3ccccc3)CC2)n[nH]1. The number of nitrogens with one attached hydrogen (secondary N) is 1. The smallest absolute Gasteiger partial charge is 0.359 e. The van der Waals surface area contributed by atoms with Crippen LogP contribution in [0.5, 0.6) is 0 Å². The van der Waals surface area contributed by atoms with Crippen molar-refractivity contribution in [3.05, 3.63) is 53.3 Å². The third-order valence-electron chi connectivity index (χ3n) is 4.66. The van der Waals surface area contributed by atoms with Gasteiger partial charge in [0.15, 0.2) is 12.3 Å². The van der Waals surface area contributed by atoms with E-state index < -0.39 is 5.97 Å². The zero-order valence-electron chi connectivity index (χ0n) is 15.7. The number of benzene rings is 1. The van der Waals surface area contributed by atoms with Crippen molar-refractivity contribution in [2.45, 2.75) is 26.3 Å². The van der Waals surface area contributed by atoms with E-state index in [2.05, 4.69) is 34.2 Å². The Kier molecular flexibility index (Phi) is 6.59. The van der Waals surface area contributed by atoms with Crippen LogP contribution in [0.15, 0.2) is 36.4 Å². The van der Waals surface area contributed by atoms with Crippen LogP contribution in [0.1, 0.15) is 35.1 Å². The van der Waals surface area contributed by atoms with Crippen molar-refractivity contribution in [3.8, 4) is 0 Å². The van der Waals surface area contributed by atoms with Gasteiger partial charge in [-0.25, -0.2) is 4.79 Å². The van der Waals surface area contributed by atoms with E-state index in [9.17, 15) is 9.59 Å². The second-order valence-corrected chi connectivity index (χ2v) is 6.75. The predicted molar refractivity (Wildman–Crippen MR) is 101 cm³/mol. The number of ether oxygens (including phenoxy) is 1. The fourth-order valence-electron chi connectivity index (χ4n) is 3.15. The summed E-state index contributed by atoms with van der Waals surface area (Å²) in [6, 6.07) is 12.0. The van der Waals surface area contributed by atoms with Gasteiger partial charge < -0.3 is 9.64 Å². The monoisotopic (exact) mass is 370 g/mol. The van der Waals surface area contributed by atoms with Gasteiger partial charge in [-0.3, -0.25) is 14.8 Å². The Labute approximate surface area is 159 Å². The van der Waals surface area contributed by atoms with Crippen molar-refractivity contribution < 1.29 is 14.3 Å². The molecule has 0 bridgehead atoms. The maximum atomic E-state index is 12.3. The van der Waals surface area contributed by atoms with Gasteiger partial charge in [0.2, 0.25) is 0 Å². The molecule has 27 heavy (non-hydrogen) atoms. The van der Waals surface area contributed by atoms with Gasteiger partial charge in [-0.15, -0.1) is 0 Å². The molecule has 1 fully saturated rings. The molecule has 0 aliphatic carbocycles. The van der Waals surface area contributed by atoms with E-state index in [0.29, 0.717) is 13.1 Å². The lowest BCUT2D eigenvalue weighted by Crippen LogP contribution is -2.49. The van der Waals surface area contributed by atoms with Crippen LogP contribution >= 0.6 is 0 Å². The summed E-state index contributed by atoms with van der Waals surface area (Å²) in [6.07, 6.45) is 1.79. The number of nitrogens with zero attached hydrogens (tertiary/aromatic N) is 3. The summed E-state index contributed by atoms with van der Waals surface area (Å²) < 4.78 is 5.13. The molecule has 0 atom stereocenters. The standard InChI is InChI=1S/C20H26N4O3/c1-2-6-17-13-18(22-21-17)20(26)27-15-19(25)24-11-9-23(10-12-24)14-16-7-4-3-5-8-16/h3-5,7-8,13H,2,6,9-12,14-15H2,1H3,(H,21,22). The molecule has 0 spiro atoms. The minimum absolute atomic E-state index is 0.160. The molecule has 7 nitrogen and oxygen atoms in total. The molecule has 0 saturated carbocycles. The number of aromatic nitrogens is 2. The lowest BCUT2D eigenvalue weighted by Gasteiger charge is -2.34. The van der Waals surface area contributed by atoms with E-state index in [1.807, 2.05) is 18.2 Å². The fraction of sp³-hybridized carbons (Fsp3) is 0.450.